The molecule has 5 rings (SSSR count). The van der Waals surface area contributed by atoms with Gasteiger partial charge in [0.1, 0.15) is 0 Å². The summed E-state index contributed by atoms with van der Waals surface area (Å²) in [5, 5.41) is 6.90. The molecule has 8 nitrogen and oxygen atoms in total. The van der Waals surface area contributed by atoms with Crippen LogP contribution in [0.3, 0.4) is 0 Å². The van der Waals surface area contributed by atoms with Gasteiger partial charge in [0, 0.05) is 52.7 Å². The molecule has 1 aliphatic carbocycles. The largest absolute Gasteiger partial charge is 0.448 e. The Morgan fingerprint density at radius 2 is 1.84 bits per heavy atom. The Bertz CT molecular complexity index is 1260. The second kappa shape index (κ2) is 10.5. The van der Waals surface area contributed by atoms with E-state index in [0.717, 1.165) is 49.5 Å². The van der Waals surface area contributed by atoms with Gasteiger partial charge in [-0.05, 0) is 57.9 Å². The maximum absolute atomic E-state index is 13.2. The Labute approximate surface area is 226 Å². The molecule has 2 aliphatic heterocycles. The molecule has 1 amide bonds. The molecule has 0 radical (unpaired) electrons. The lowest BCUT2D eigenvalue weighted by atomic mass is 9.81. The zero-order chi connectivity index (χ0) is 26.3. The first-order chi connectivity index (χ1) is 17.7. The van der Waals surface area contributed by atoms with Crippen molar-refractivity contribution in [1.82, 2.24) is 15.6 Å². The molecule has 0 bridgehead atoms. The van der Waals surface area contributed by atoms with Gasteiger partial charge in [0.05, 0.1) is 24.3 Å². The van der Waals surface area contributed by atoms with Crippen LogP contribution in [0.2, 0.25) is 5.02 Å². The van der Waals surface area contributed by atoms with Gasteiger partial charge in [-0.25, -0.2) is 0 Å². The van der Waals surface area contributed by atoms with Crippen molar-refractivity contribution in [2.45, 2.75) is 75.8 Å². The van der Waals surface area contributed by atoms with Crippen LogP contribution in [0, 0.1) is 19.8 Å². The molecule has 10 heteroatoms. The molecule has 3 aliphatic rings. The van der Waals surface area contributed by atoms with Gasteiger partial charge in [0.15, 0.2) is 11.5 Å². The summed E-state index contributed by atoms with van der Waals surface area (Å²) in [4.78, 5) is 29.3. The second-order valence-corrected chi connectivity index (χ2v) is 11.6. The summed E-state index contributed by atoms with van der Waals surface area (Å²) < 4.78 is 18.0. The molecule has 1 saturated heterocycles. The predicted molar refractivity (Wildman–Crippen MR) is 144 cm³/mol. The first-order valence-electron chi connectivity index (χ1n) is 12.8. The number of hydrogen-bond acceptors (Lipinski definition) is 7. The highest BCUT2D eigenvalue weighted by atomic mass is 35.5. The summed E-state index contributed by atoms with van der Waals surface area (Å²) in [5.41, 5.74) is 2.18. The molecule has 2 fully saturated rings. The van der Waals surface area contributed by atoms with Gasteiger partial charge in [0.25, 0.3) is 17.3 Å². The van der Waals surface area contributed by atoms with Gasteiger partial charge in [-0.2, -0.15) is 0 Å². The number of carbonyl (C=O) groups is 1. The summed E-state index contributed by atoms with van der Waals surface area (Å²) in [6.45, 7) is 7.35. The maximum atomic E-state index is 13.2. The number of rotatable bonds is 7. The lowest BCUT2D eigenvalue weighted by Gasteiger charge is -2.39. The number of thioether (sulfide) groups is 1. The lowest BCUT2D eigenvalue weighted by molar-refractivity contribution is -0.122. The average molecular weight is 548 g/mol. The number of halogens is 1. The SMILES string of the molecule is CSc1cc(C)[nH]c(=O)c1CNC(=O)c1cc(Cl)c2c(c1C)OC(C)(C1CCC(NC3COC3)CC1)O2. The van der Waals surface area contributed by atoms with Crippen LogP contribution in [0.1, 0.15) is 59.8 Å². The third-order valence-electron chi connectivity index (χ3n) is 7.75. The summed E-state index contributed by atoms with van der Waals surface area (Å²) in [7, 11) is 0. The normalized spacial score (nSPS) is 25.1. The fourth-order valence-corrected chi connectivity index (χ4v) is 6.44. The van der Waals surface area contributed by atoms with Gasteiger partial charge in [-0.15, -0.1) is 11.8 Å². The quantitative estimate of drug-likeness (QED) is 0.443. The van der Waals surface area contributed by atoms with Gasteiger partial charge in [-0.3, -0.25) is 9.59 Å². The number of amides is 1. The number of pyridine rings is 1. The number of ether oxygens (including phenoxy) is 3. The first kappa shape index (κ1) is 26.4. The molecule has 1 atom stereocenters. The minimum atomic E-state index is -0.834. The standard InChI is InChI=1S/C27H34ClN3O5S/c1-14-9-22(37-4)20(26(33)30-14)11-29-25(32)19-10-21(28)24-23(15(19)2)35-27(3,36-24)16-5-7-17(8-6-16)31-18-12-34-13-18/h9-10,16-18,31H,5-8,11-13H2,1-4H3,(H,29,32)(H,30,33). The van der Waals surface area contributed by atoms with Crippen molar-refractivity contribution in [3.8, 4) is 11.5 Å². The monoisotopic (exact) mass is 547 g/mol. The summed E-state index contributed by atoms with van der Waals surface area (Å²) in [6, 6.07) is 4.49. The van der Waals surface area contributed by atoms with Gasteiger partial charge in [0.2, 0.25) is 0 Å². The highest BCUT2D eigenvalue weighted by molar-refractivity contribution is 7.98. The molecule has 37 heavy (non-hydrogen) atoms. The van der Waals surface area contributed by atoms with Crippen molar-refractivity contribution in [3.63, 3.8) is 0 Å². The van der Waals surface area contributed by atoms with E-state index in [0.29, 0.717) is 45.3 Å². The first-order valence-corrected chi connectivity index (χ1v) is 14.4. The topological polar surface area (TPSA) is 102 Å². The molecular weight excluding hydrogens is 514 g/mol. The van der Waals surface area contributed by atoms with E-state index in [1.807, 2.05) is 33.1 Å². The van der Waals surface area contributed by atoms with E-state index in [1.165, 1.54) is 11.8 Å². The highest BCUT2D eigenvalue weighted by Crippen LogP contribution is 2.51. The van der Waals surface area contributed by atoms with E-state index in [2.05, 4.69) is 15.6 Å². The van der Waals surface area contributed by atoms with Crippen LogP contribution in [0.5, 0.6) is 11.5 Å². The molecule has 1 saturated carbocycles. The van der Waals surface area contributed by atoms with E-state index in [1.54, 1.807) is 6.07 Å². The summed E-state index contributed by atoms with van der Waals surface area (Å²) in [5.74, 6) is 0.0630. The Morgan fingerprint density at radius 3 is 2.49 bits per heavy atom. The van der Waals surface area contributed by atoms with Crippen molar-refractivity contribution < 1.29 is 19.0 Å². The number of nitrogens with one attached hydrogen (secondary N) is 3. The van der Waals surface area contributed by atoms with E-state index in [9.17, 15) is 9.59 Å². The average Bonchev–Trinajstić information content (AvgIpc) is 3.22. The van der Waals surface area contributed by atoms with Crippen molar-refractivity contribution >= 4 is 29.3 Å². The number of aromatic nitrogens is 1. The van der Waals surface area contributed by atoms with E-state index >= 15 is 0 Å². The zero-order valence-electron chi connectivity index (χ0n) is 21.7. The molecule has 1 aromatic heterocycles. The minimum absolute atomic E-state index is 0.109. The smallest absolute Gasteiger partial charge is 0.254 e. The molecule has 1 unspecified atom stereocenters. The fourth-order valence-electron chi connectivity index (χ4n) is 5.50. The van der Waals surface area contributed by atoms with Crippen LogP contribution in [-0.4, -0.2) is 48.2 Å². The van der Waals surface area contributed by atoms with Crippen LogP contribution >= 0.6 is 23.4 Å². The van der Waals surface area contributed by atoms with Crippen LogP contribution in [0.25, 0.3) is 0 Å². The van der Waals surface area contributed by atoms with Crippen LogP contribution in [0.15, 0.2) is 21.8 Å². The van der Waals surface area contributed by atoms with Crippen LogP contribution in [-0.2, 0) is 11.3 Å². The van der Waals surface area contributed by atoms with E-state index in [4.69, 9.17) is 25.8 Å². The second-order valence-electron chi connectivity index (χ2n) is 10.4. The molecule has 0 spiro atoms. The molecule has 3 N–H and O–H groups in total. The minimum Gasteiger partial charge on any atom is -0.448 e. The van der Waals surface area contributed by atoms with E-state index in [-0.39, 0.29) is 23.9 Å². The molecular formula is C27H34ClN3O5S. The molecule has 2 aromatic rings. The maximum Gasteiger partial charge on any atom is 0.254 e. The van der Waals surface area contributed by atoms with Gasteiger partial charge < -0.3 is 29.8 Å². The van der Waals surface area contributed by atoms with E-state index < -0.39 is 5.79 Å². The van der Waals surface area contributed by atoms with Crippen LogP contribution < -0.4 is 25.7 Å². The Morgan fingerprint density at radius 1 is 1.14 bits per heavy atom. The fraction of sp³-hybridized carbons (Fsp3) is 0.556. The number of fused-ring (bicyclic) bond motifs is 1. The number of hydrogen-bond donors (Lipinski definition) is 3. The van der Waals surface area contributed by atoms with Gasteiger partial charge >= 0.3 is 0 Å². The Kier molecular flexibility index (Phi) is 7.51. The zero-order valence-corrected chi connectivity index (χ0v) is 23.2. The van der Waals surface area contributed by atoms with Crippen LogP contribution in [0.4, 0.5) is 0 Å². The highest BCUT2D eigenvalue weighted by Gasteiger charge is 2.47. The summed E-state index contributed by atoms with van der Waals surface area (Å²) in [6.07, 6.45) is 5.96. The number of aromatic amines is 1. The number of aryl methyl sites for hydroxylation is 1. The predicted octanol–water partition coefficient (Wildman–Crippen LogP) is 4.33. The lowest BCUT2D eigenvalue weighted by Crippen LogP contribution is -2.53. The van der Waals surface area contributed by atoms with Crippen molar-refractivity contribution in [2.24, 2.45) is 5.92 Å². The molecule has 3 heterocycles. The number of carbonyl (C=O) groups excluding carboxylic acids is 1. The van der Waals surface area contributed by atoms with Crippen molar-refractivity contribution in [1.29, 1.82) is 0 Å². The Hall–Kier alpha value is -2.20. The third kappa shape index (κ3) is 5.24. The molecule has 1 aromatic carbocycles. The van der Waals surface area contributed by atoms with Crippen molar-refractivity contribution in [3.05, 3.63) is 49.9 Å². The summed E-state index contributed by atoms with van der Waals surface area (Å²) >= 11 is 8.08. The Balaban J connectivity index is 1.28. The van der Waals surface area contributed by atoms with Gasteiger partial charge in [-0.1, -0.05) is 11.6 Å². The number of benzene rings is 1. The molecule has 200 valence electrons. The number of H-pyrrole nitrogens is 1. The van der Waals surface area contributed by atoms with Crippen molar-refractivity contribution in [2.75, 3.05) is 19.5 Å². The third-order valence-corrected chi connectivity index (χ3v) is 8.83.